The van der Waals surface area contributed by atoms with Crippen molar-refractivity contribution in [3.8, 4) is 17.5 Å². The molecule has 0 bridgehead atoms. The summed E-state index contributed by atoms with van der Waals surface area (Å²) >= 11 is 9.59. The highest BCUT2D eigenvalue weighted by Gasteiger charge is 2.30. The topological polar surface area (TPSA) is 64.6 Å². The van der Waals surface area contributed by atoms with Gasteiger partial charge in [-0.25, -0.2) is 9.37 Å². The maximum atomic E-state index is 14.4. The van der Waals surface area contributed by atoms with Gasteiger partial charge in [0.05, 0.1) is 0 Å². The summed E-state index contributed by atoms with van der Waals surface area (Å²) in [7, 11) is 1.28. The lowest BCUT2D eigenvalue weighted by atomic mass is 10.2. The van der Waals surface area contributed by atoms with Gasteiger partial charge in [-0.2, -0.15) is 18.2 Å². The Labute approximate surface area is 185 Å². The maximum absolute atomic E-state index is 14.4. The zero-order valence-electron chi connectivity index (χ0n) is 16.2. The Balaban J connectivity index is 2.36. The van der Waals surface area contributed by atoms with Crippen LogP contribution in [0.25, 0.3) is 0 Å². The van der Waals surface area contributed by atoms with Crippen molar-refractivity contribution < 1.29 is 31.8 Å². The van der Waals surface area contributed by atoms with Gasteiger partial charge in [0.1, 0.15) is 5.02 Å². The average Bonchev–Trinajstić information content (AvgIpc) is 2.67. The molecule has 6 nitrogen and oxygen atoms in total. The van der Waals surface area contributed by atoms with Crippen LogP contribution in [0.1, 0.15) is 6.92 Å². The molecule has 166 valence electrons. The fraction of sp³-hybridized carbons (Fsp3) is 0.211. The fourth-order valence-electron chi connectivity index (χ4n) is 2.11. The maximum Gasteiger partial charge on any atom is 0.412 e. The van der Waals surface area contributed by atoms with Crippen molar-refractivity contribution in [2.24, 2.45) is 0 Å². The van der Waals surface area contributed by atoms with Crippen molar-refractivity contribution >= 4 is 35.2 Å². The SMILES string of the molecule is C=C(/C=C(\C)C(F)(F)F)N(C)c1nc(Oc2cccnc2OCC(=O)S)c(Cl)cc1F. The Bertz CT molecular complexity index is 1030. The van der Waals surface area contributed by atoms with Gasteiger partial charge in [0.25, 0.3) is 5.88 Å². The minimum Gasteiger partial charge on any atom is -0.466 e. The number of pyridine rings is 2. The van der Waals surface area contributed by atoms with Crippen molar-refractivity contribution in [1.29, 1.82) is 0 Å². The lowest BCUT2D eigenvalue weighted by Crippen LogP contribution is -2.19. The number of halogens is 5. The van der Waals surface area contributed by atoms with Crippen LogP contribution < -0.4 is 14.4 Å². The van der Waals surface area contributed by atoms with E-state index in [2.05, 4.69) is 29.2 Å². The Kier molecular flexibility index (Phi) is 7.91. The molecule has 0 amide bonds. The molecule has 31 heavy (non-hydrogen) atoms. The molecule has 0 atom stereocenters. The van der Waals surface area contributed by atoms with Crippen molar-refractivity contribution in [1.82, 2.24) is 9.97 Å². The number of carbonyl (C=O) groups is 1. The number of thiol groups is 1. The first kappa shape index (κ1) is 24.5. The Morgan fingerprint density at radius 3 is 2.68 bits per heavy atom. The Hall–Kier alpha value is -2.79. The summed E-state index contributed by atoms with van der Waals surface area (Å²) in [5, 5.41) is -0.776. The number of rotatable bonds is 8. The fourth-order valence-corrected chi connectivity index (χ4v) is 2.35. The molecule has 0 unspecified atom stereocenters. The number of aromatic nitrogens is 2. The summed E-state index contributed by atoms with van der Waals surface area (Å²) in [4.78, 5) is 19.9. The highest BCUT2D eigenvalue weighted by molar-refractivity contribution is 7.96. The third-order valence-electron chi connectivity index (χ3n) is 3.73. The number of alkyl halides is 3. The summed E-state index contributed by atoms with van der Waals surface area (Å²) in [5.74, 6) is -1.63. The smallest absolute Gasteiger partial charge is 0.412 e. The van der Waals surface area contributed by atoms with E-state index in [1.165, 1.54) is 25.4 Å². The van der Waals surface area contributed by atoms with Crippen LogP contribution in [-0.2, 0) is 4.79 Å². The van der Waals surface area contributed by atoms with Crippen molar-refractivity contribution in [2.45, 2.75) is 13.1 Å². The van der Waals surface area contributed by atoms with Crippen LogP contribution in [0.4, 0.5) is 23.4 Å². The first-order chi connectivity index (χ1) is 14.4. The molecular weight excluding hydrogens is 462 g/mol. The van der Waals surface area contributed by atoms with Crippen LogP contribution in [0.15, 0.2) is 48.3 Å². The van der Waals surface area contributed by atoms with Gasteiger partial charge in [0.2, 0.25) is 11.0 Å². The highest BCUT2D eigenvalue weighted by atomic mass is 35.5. The van der Waals surface area contributed by atoms with Crippen LogP contribution in [0.3, 0.4) is 0 Å². The van der Waals surface area contributed by atoms with E-state index in [-0.39, 0.29) is 40.7 Å². The standard InChI is InChI=1S/C19H16ClF4N3O3S/c1-10(19(22,23)24)7-11(2)27(3)16-13(21)8-12(20)17(26-16)30-14-5-4-6-25-18(14)29-9-15(28)31/h4-8H,2,9H2,1,3H3,(H,28,31)/b10-7+. The quantitative estimate of drug-likeness (QED) is 0.314. The molecule has 0 aromatic carbocycles. The third kappa shape index (κ3) is 6.59. The second-order valence-electron chi connectivity index (χ2n) is 6.05. The summed E-state index contributed by atoms with van der Waals surface area (Å²) in [5.41, 5.74) is -1.10. The molecule has 0 fully saturated rings. The molecule has 0 saturated heterocycles. The van der Waals surface area contributed by atoms with Gasteiger partial charge in [-0.1, -0.05) is 18.2 Å². The molecule has 2 rings (SSSR count). The van der Waals surface area contributed by atoms with E-state index in [0.717, 1.165) is 24.0 Å². The number of hydrogen-bond acceptors (Lipinski definition) is 6. The minimum atomic E-state index is -4.56. The first-order valence-corrected chi connectivity index (χ1v) is 9.24. The molecule has 2 aromatic rings. The molecule has 0 aliphatic carbocycles. The van der Waals surface area contributed by atoms with E-state index in [1.807, 2.05) is 0 Å². The molecule has 0 saturated carbocycles. The van der Waals surface area contributed by atoms with E-state index in [4.69, 9.17) is 21.1 Å². The number of anilines is 1. The second kappa shape index (κ2) is 10.0. The predicted molar refractivity (Wildman–Crippen MR) is 110 cm³/mol. The summed E-state index contributed by atoms with van der Waals surface area (Å²) < 4.78 is 63.5. The van der Waals surface area contributed by atoms with E-state index < -0.39 is 22.7 Å². The van der Waals surface area contributed by atoms with Gasteiger partial charge in [-0.05, 0) is 25.1 Å². The number of carbonyl (C=O) groups excluding carboxylic acids is 1. The van der Waals surface area contributed by atoms with E-state index >= 15 is 0 Å². The number of allylic oxidation sites excluding steroid dienone is 2. The van der Waals surface area contributed by atoms with E-state index in [9.17, 15) is 22.4 Å². The summed E-state index contributed by atoms with van der Waals surface area (Å²) in [6, 6.07) is 3.82. The Morgan fingerprint density at radius 1 is 1.39 bits per heavy atom. The lowest BCUT2D eigenvalue weighted by Gasteiger charge is -2.21. The lowest BCUT2D eigenvalue weighted by molar-refractivity contribution is -0.112. The highest BCUT2D eigenvalue weighted by Crippen LogP contribution is 2.36. The summed E-state index contributed by atoms with van der Waals surface area (Å²) in [6.07, 6.45) is -2.43. The van der Waals surface area contributed by atoms with Crippen molar-refractivity contribution in [3.05, 3.63) is 59.2 Å². The van der Waals surface area contributed by atoms with Crippen LogP contribution in [0.5, 0.6) is 17.5 Å². The van der Waals surface area contributed by atoms with Crippen LogP contribution in [0, 0.1) is 5.82 Å². The number of ether oxygens (including phenoxy) is 2. The molecule has 0 N–H and O–H groups in total. The molecule has 2 heterocycles. The van der Waals surface area contributed by atoms with Gasteiger partial charge in [-0.15, -0.1) is 12.6 Å². The molecule has 2 aromatic heterocycles. The van der Waals surface area contributed by atoms with Gasteiger partial charge in [0, 0.05) is 30.6 Å². The van der Waals surface area contributed by atoms with Gasteiger partial charge in [0.15, 0.2) is 24.0 Å². The normalized spacial score (nSPS) is 11.8. The van der Waals surface area contributed by atoms with Crippen LogP contribution in [-0.4, -0.2) is 34.9 Å². The first-order valence-electron chi connectivity index (χ1n) is 8.41. The van der Waals surface area contributed by atoms with Crippen LogP contribution in [0.2, 0.25) is 5.02 Å². The average molecular weight is 478 g/mol. The third-order valence-corrected chi connectivity index (χ3v) is 4.13. The zero-order chi connectivity index (χ0) is 23.3. The number of likely N-dealkylation sites (N-methyl/N-ethyl adjacent to an activating group) is 1. The van der Waals surface area contributed by atoms with E-state index in [0.29, 0.717) is 0 Å². The van der Waals surface area contributed by atoms with Gasteiger partial charge < -0.3 is 14.4 Å². The molecule has 0 radical (unpaired) electrons. The Morgan fingerprint density at radius 2 is 2.06 bits per heavy atom. The monoisotopic (exact) mass is 477 g/mol. The minimum absolute atomic E-state index is 0.0123. The largest absolute Gasteiger partial charge is 0.466 e. The van der Waals surface area contributed by atoms with Gasteiger partial charge >= 0.3 is 6.18 Å². The molecule has 12 heteroatoms. The van der Waals surface area contributed by atoms with Crippen molar-refractivity contribution in [3.63, 3.8) is 0 Å². The van der Waals surface area contributed by atoms with E-state index in [1.54, 1.807) is 0 Å². The van der Waals surface area contributed by atoms with Crippen molar-refractivity contribution in [2.75, 3.05) is 18.6 Å². The predicted octanol–water partition coefficient (Wildman–Crippen LogP) is 5.36. The van der Waals surface area contributed by atoms with Gasteiger partial charge in [-0.3, -0.25) is 4.79 Å². The molecule has 0 aliphatic heterocycles. The molecule has 0 aliphatic rings. The van der Waals surface area contributed by atoms with Crippen LogP contribution >= 0.6 is 24.2 Å². The number of nitrogens with zero attached hydrogens (tertiary/aromatic N) is 3. The molecular formula is C19H16ClF4N3O3S. The zero-order valence-corrected chi connectivity index (χ0v) is 17.9. The summed E-state index contributed by atoms with van der Waals surface area (Å²) in [6.45, 7) is 3.99. The number of hydrogen-bond donors (Lipinski definition) is 1. The molecule has 0 spiro atoms. The second-order valence-corrected chi connectivity index (χ2v) is 6.95.